The Kier molecular flexibility index (Phi) is 3.99. The molecule has 2 rings (SSSR count). The first-order chi connectivity index (χ1) is 9.49. The van der Waals surface area contributed by atoms with Crippen LogP contribution >= 0.6 is 11.8 Å². The van der Waals surface area contributed by atoms with Gasteiger partial charge in [-0.25, -0.2) is 0 Å². The second-order valence-corrected chi connectivity index (χ2v) is 4.90. The molecule has 9 heteroatoms. The van der Waals surface area contributed by atoms with Crippen molar-refractivity contribution in [3.05, 3.63) is 56.0 Å². The molecule has 0 saturated heterocycles. The summed E-state index contributed by atoms with van der Waals surface area (Å²) in [5.41, 5.74) is 0.721. The predicted octanol–water partition coefficient (Wildman–Crippen LogP) is 0.861. The molecular weight excluding hydrogens is 282 g/mol. The molecule has 0 radical (unpaired) electrons. The highest BCUT2D eigenvalue weighted by atomic mass is 32.2. The molecule has 1 heterocycles. The fraction of sp³-hybridized carbons (Fsp3) is 0.182. The number of benzene rings is 1. The second-order valence-electron chi connectivity index (χ2n) is 3.96. The molecule has 0 unspecified atom stereocenters. The van der Waals surface area contributed by atoms with Crippen LogP contribution in [-0.4, -0.2) is 19.8 Å². The van der Waals surface area contributed by atoms with Crippen LogP contribution in [0.5, 0.6) is 0 Å². The first-order valence-corrected chi connectivity index (χ1v) is 6.55. The maximum absolute atomic E-state index is 11.6. The van der Waals surface area contributed by atoms with Crippen LogP contribution in [0.3, 0.4) is 0 Å². The maximum Gasteiger partial charge on any atom is 0.294 e. The summed E-state index contributed by atoms with van der Waals surface area (Å²) < 4.78 is 0.943. The molecule has 8 nitrogen and oxygen atoms in total. The molecule has 1 aromatic carbocycles. The molecule has 0 amide bonds. The van der Waals surface area contributed by atoms with Gasteiger partial charge in [0.25, 0.3) is 11.2 Å². The number of nitro groups is 1. The second kappa shape index (κ2) is 5.70. The van der Waals surface area contributed by atoms with Crippen molar-refractivity contribution in [3.63, 3.8) is 0 Å². The van der Waals surface area contributed by atoms with Crippen LogP contribution in [0.1, 0.15) is 11.3 Å². The highest BCUT2D eigenvalue weighted by Crippen LogP contribution is 2.20. The Hall–Kier alpha value is -2.42. The molecule has 0 fully saturated rings. The van der Waals surface area contributed by atoms with Crippen LogP contribution < -0.4 is 11.4 Å². The third-order valence-corrected chi connectivity index (χ3v) is 3.55. The van der Waals surface area contributed by atoms with E-state index in [1.807, 2.05) is 0 Å². The van der Waals surface area contributed by atoms with Crippen molar-refractivity contribution < 1.29 is 4.92 Å². The van der Waals surface area contributed by atoms with Crippen molar-refractivity contribution in [1.82, 2.24) is 14.9 Å². The molecule has 20 heavy (non-hydrogen) atoms. The molecule has 1 aromatic heterocycles. The smallest absolute Gasteiger partial charge is 0.294 e. The molecule has 0 aliphatic carbocycles. The van der Waals surface area contributed by atoms with Gasteiger partial charge < -0.3 is 5.84 Å². The Labute approximate surface area is 117 Å². The number of aryl methyl sites for hydroxylation is 1. The largest absolute Gasteiger partial charge is 0.334 e. The highest BCUT2D eigenvalue weighted by Gasteiger charge is 2.09. The number of non-ortho nitro benzene ring substituents is 1. The summed E-state index contributed by atoms with van der Waals surface area (Å²) >= 11 is 1.23. The molecular formula is C11H11N5O3S. The molecule has 0 bridgehead atoms. The van der Waals surface area contributed by atoms with Gasteiger partial charge in [-0.1, -0.05) is 23.9 Å². The third kappa shape index (κ3) is 2.94. The summed E-state index contributed by atoms with van der Waals surface area (Å²) in [6, 6.07) is 6.13. The van der Waals surface area contributed by atoms with E-state index in [9.17, 15) is 14.9 Å². The van der Waals surface area contributed by atoms with Crippen molar-refractivity contribution in [2.45, 2.75) is 17.8 Å². The van der Waals surface area contributed by atoms with E-state index >= 15 is 0 Å². The number of nitrogens with two attached hydrogens (primary N) is 1. The van der Waals surface area contributed by atoms with Crippen LogP contribution in [-0.2, 0) is 5.75 Å². The summed E-state index contributed by atoms with van der Waals surface area (Å²) in [4.78, 5) is 21.6. The van der Waals surface area contributed by atoms with Gasteiger partial charge in [0.15, 0.2) is 0 Å². The van der Waals surface area contributed by atoms with Crippen molar-refractivity contribution in [2.75, 3.05) is 5.84 Å². The SMILES string of the molecule is Cc1nnc(SCc2ccc([N+](=O)[O-])cc2)n(N)c1=O. The monoisotopic (exact) mass is 293 g/mol. The van der Waals surface area contributed by atoms with E-state index in [2.05, 4.69) is 10.2 Å². The van der Waals surface area contributed by atoms with Crippen molar-refractivity contribution in [1.29, 1.82) is 0 Å². The predicted molar refractivity (Wildman–Crippen MR) is 73.8 cm³/mol. The van der Waals surface area contributed by atoms with Crippen LogP contribution in [0, 0.1) is 17.0 Å². The van der Waals surface area contributed by atoms with E-state index in [1.54, 1.807) is 12.1 Å². The van der Waals surface area contributed by atoms with Crippen LogP contribution in [0.2, 0.25) is 0 Å². The van der Waals surface area contributed by atoms with E-state index in [-0.39, 0.29) is 11.4 Å². The van der Waals surface area contributed by atoms with Gasteiger partial charge in [0, 0.05) is 17.9 Å². The lowest BCUT2D eigenvalue weighted by atomic mass is 10.2. The summed E-state index contributed by atoms with van der Waals surface area (Å²) in [5.74, 6) is 6.08. The average molecular weight is 293 g/mol. The number of hydrogen-bond acceptors (Lipinski definition) is 7. The van der Waals surface area contributed by atoms with Gasteiger partial charge in [-0.05, 0) is 12.5 Å². The zero-order valence-electron chi connectivity index (χ0n) is 10.5. The molecule has 2 N–H and O–H groups in total. The molecule has 0 saturated carbocycles. The third-order valence-electron chi connectivity index (χ3n) is 2.54. The fourth-order valence-electron chi connectivity index (χ4n) is 1.43. The zero-order chi connectivity index (χ0) is 14.7. The number of nitrogen functional groups attached to an aromatic ring is 1. The first-order valence-electron chi connectivity index (χ1n) is 5.56. The number of thioether (sulfide) groups is 1. The quantitative estimate of drug-likeness (QED) is 0.384. The summed E-state index contributed by atoms with van der Waals surface area (Å²) in [7, 11) is 0. The lowest BCUT2D eigenvalue weighted by molar-refractivity contribution is -0.384. The van der Waals surface area contributed by atoms with Gasteiger partial charge >= 0.3 is 0 Å². The summed E-state index contributed by atoms with van der Waals surface area (Å²) in [5, 5.41) is 18.4. The van der Waals surface area contributed by atoms with Crippen LogP contribution in [0.25, 0.3) is 0 Å². The van der Waals surface area contributed by atoms with E-state index in [4.69, 9.17) is 5.84 Å². The molecule has 0 spiro atoms. The summed E-state index contributed by atoms with van der Waals surface area (Å²) in [6.45, 7) is 1.53. The van der Waals surface area contributed by atoms with Gasteiger partial charge in [-0.3, -0.25) is 14.9 Å². The van der Waals surface area contributed by atoms with Gasteiger partial charge in [0.05, 0.1) is 4.92 Å². The van der Waals surface area contributed by atoms with E-state index < -0.39 is 10.5 Å². The lowest BCUT2D eigenvalue weighted by Crippen LogP contribution is -2.32. The Balaban J connectivity index is 2.11. The van der Waals surface area contributed by atoms with Gasteiger partial charge in [-0.15, -0.1) is 10.2 Å². The minimum absolute atomic E-state index is 0.0320. The zero-order valence-corrected chi connectivity index (χ0v) is 11.3. The van der Waals surface area contributed by atoms with Crippen molar-refractivity contribution >= 4 is 17.4 Å². The lowest BCUT2D eigenvalue weighted by Gasteiger charge is -2.05. The Morgan fingerprint density at radius 3 is 2.60 bits per heavy atom. The molecule has 0 aliphatic heterocycles. The normalized spacial score (nSPS) is 10.4. The van der Waals surface area contributed by atoms with Crippen LogP contribution in [0.4, 0.5) is 5.69 Å². The number of aromatic nitrogens is 3. The molecule has 104 valence electrons. The van der Waals surface area contributed by atoms with E-state index in [1.165, 1.54) is 30.8 Å². The van der Waals surface area contributed by atoms with Crippen molar-refractivity contribution in [3.8, 4) is 0 Å². The minimum atomic E-state index is -0.458. The Bertz CT molecular complexity index is 698. The van der Waals surface area contributed by atoms with Crippen LogP contribution in [0.15, 0.2) is 34.2 Å². The first kappa shape index (κ1) is 14.0. The maximum atomic E-state index is 11.6. The summed E-state index contributed by atoms with van der Waals surface area (Å²) in [6.07, 6.45) is 0. The standard InChI is InChI=1S/C11H11N5O3S/c1-7-10(17)15(12)11(14-13-7)20-6-8-2-4-9(5-3-8)16(18)19/h2-5H,6,12H2,1H3. The van der Waals surface area contributed by atoms with Gasteiger partial charge in [0.2, 0.25) is 5.16 Å². The number of rotatable bonds is 4. The molecule has 0 atom stereocenters. The number of hydrogen-bond donors (Lipinski definition) is 1. The fourth-order valence-corrected chi connectivity index (χ4v) is 2.24. The number of nitrogens with zero attached hydrogens (tertiary/aromatic N) is 4. The Morgan fingerprint density at radius 1 is 1.35 bits per heavy atom. The van der Waals surface area contributed by atoms with E-state index in [0.717, 1.165) is 10.2 Å². The van der Waals surface area contributed by atoms with Gasteiger partial charge in [-0.2, -0.15) is 4.68 Å². The molecule has 0 aliphatic rings. The van der Waals surface area contributed by atoms with Gasteiger partial charge in [0.1, 0.15) is 5.69 Å². The van der Waals surface area contributed by atoms with Crippen molar-refractivity contribution in [2.24, 2.45) is 0 Å². The topological polar surface area (TPSA) is 117 Å². The van der Waals surface area contributed by atoms with E-state index in [0.29, 0.717) is 10.9 Å². The Morgan fingerprint density at radius 2 is 2.00 bits per heavy atom. The minimum Gasteiger partial charge on any atom is -0.334 e. The molecule has 2 aromatic rings. The average Bonchev–Trinajstić information content (AvgIpc) is 2.44. The highest BCUT2D eigenvalue weighted by molar-refractivity contribution is 7.98. The number of nitro benzene ring substituents is 1.